The van der Waals surface area contributed by atoms with Gasteiger partial charge >= 0.3 is 0 Å². The van der Waals surface area contributed by atoms with Crippen molar-refractivity contribution < 1.29 is 0 Å². The molecule has 2 N–H and O–H groups in total. The van der Waals surface area contributed by atoms with E-state index >= 15 is 0 Å². The average molecular weight is 208 g/mol. The van der Waals surface area contributed by atoms with Gasteiger partial charge in [-0.2, -0.15) is 0 Å². The molecule has 0 amide bonds. The zero-order valence-corrected chi connectivity index (χ0v) is 9.58. The summed E-state index contributed by atoms with van der Waals surface area (Å²) in [5.41, 5.74) is 1.10. The van der Waals surface area contributed by atoms with Crippen LogP contribution in [0.25, 0.3) is 0 Å². The Morgan fingerprint density at radius 3 is 2.87 bits per heavy atom. The first-order valence-electron chi connectivity index (χ1n) is 5.75. The number of nitrogens with zero attached hydrogens (tertiary/aromatic N) is 2. The van der Waals surface area contributed by atoms with E-state index in [-0.39, 0.29) is 0 Å². The normalized spacial score (nSPS) is 19.3. The standard InChI is InChI=1S/C11H20N4/c1-9-7-12-11(14-9)13-8-10(2)15-5-3-4-6-15/h7,10H,3-6,8H2,1-2H3,(H2,12,13,14). The summed E-state index contributed by atoms with van der Waals surface area (Å²) in [5.74, 6) is 0.888. The third kappa shape index (κ3) is 2.72. The topological polar surface area (TPSA) is 44.0 Å². The van der Waals surface area contributed by atoms with Crippen molar-refractivity contribution >= 4 is 5.95 Å². The van der Waals surface area contributed by atoms with Crippen molar-refractivity contribution in [3.63, 3.8) is 0 Å². The summed E-state index contributed by atoms with van der Waals surface area (Å²) >= 11 is 0. The van der Waals surface area contributed by atoms with Crippen molar-refractivity contribution in [2.75, 3.05) is 25.0 Å². The fourth-order valence-corrected chi connectivity index (χ4v) is 2.06. The molecule has 0 saturated carbocycles. The van der Waals surface area contributed by atoms with Crippen LogP contribution >= 0.6 is 0 Å². The van der Waals surface area contributed by atoms with Crippen LogP contribution in [-0.4, -0.2) is 40.5 Å². The Bertz CT molecular complexity index is 301. The quantitative estimate of drug-likeness (QED) is 0.790. The Hall–Kier alpha value is -1.03. The first kappa shape index (κ1) is 10.5. The first-order chi connectivity index (χ1) is 7.25. The van der Waals surface area contributed by atoms with Crippen molar-refractivity contribution in [2.45, 2.75) is 32.7 Å². The molecule has 0 radical (unpaired) electrons. The molecule has 4 heteroatoms. The van der Waals surface area contributed by atoms with Gasteiger partial charge in [-0.3, -0.25) is 4.90 Å². The van der Waals surface area contributed by atoms with Gasteiger partial charge in [0.1, 0.15) is 0 Å². The molecule has 1 aliphatic rings. The Labute approximate surface area is 91.1 Å². The summed E-state index contributed by atoms with van der Waals surface area (Å²) in [4.78, 5) is 9.94. The number of H-pyrrole nitrogens is 1. The predicted octanol–water partition coefficient (Wildman–Crippen LogP) is 1.61. The average Bonchev–Trinajstić information content (AvgIpc) is 2.84. The molecule has 0 aliphatic carbocycles. The molecule has 0 aromatic carbocycles. The highest BCUT2D eigenvalue weighted by Gasteiger charge is 2.17. The molecule has 2 heterocycles. The smallest absolute Gasteiger partial charge is 0.200 e. The molecule has 0 bridgehead atoms. The molecule has 1 aliphatic heterocycles. The van der Waals surface area contributed by atoms with E-state index in [0.717, 1.165) is 18.2 Å². The van der Waals surface area contributed by atoms with Crippen molar-refractivity contribution in [2.24, 2.45) is 0 Å². The molecule has 1 aromatic rings. The van der Waals surface area contributed by atoms with Gasteiger partial charge in [0.05, 0.1) is 0 Å². The lowest BCUT2D eigenvalue weighted by atomic mass is 10.3. The molecule has 15 heavy (non-hydrogen) atoms. The van der Waals surface area contributed by atoms with E-state index in [4.69, 9.17) is 0 Å². The maximum Gasteiger partial charge on any atom is 0.200 e. The Morgan fingerprint density at radius 1 is 1.53 bits per heavy atom. The number of nitrogens with one attached hydrogen (secondary N) is 2. The molecule has 1 fully saturated rings. The number of aromatic amines is 1. The Balaban J connectivity index is 1.77. The molecule has 1 saturated heterocycles. The molecule has 0 spiro atoms. The second kappa shape index (κ2) is 4.66. The fourth-order valence-electron chi connectivity index (χ4n) is 2.06. The van der Waals surface area contributed by atoms with Crippen LogP contribution in [0.1, 0.15) is 25.5 Å². The molecule has 84 valence electrons. The third-order valence-electron chi connectivity index (χ3n) is 3.03. The number of rotatable bonds is 4. The van der Waals surface area contributed by atoms with Gasteiger partial charge in [0.2, 0.25) is 0 Å². The third-order valence-corrected chi connectivity index (χ3v) is 3.03. The van der Waals surface area contributed by atoms with Crippen molar-refractivity contribution in [3.8, 4) is 0 Å². The highest BCUT2D eigenvalue weighted by molar-refractivity contribution is 5.25. The maximum atomic E-state index is 4.23. The van der Waals surface area contributed by atoms with Crippen molar-refractivity contribution in [1.29, 1.82) is 0 Å². The van der Waals surface area contributed by atoms with E-state index < -0.39 is 0 Å². The van der Waals surface area contributed by atoms with Gasteiger partial charge < -0.3 is 10.3 Å². The number of aromatic nitrogens is 2. The van der Waals surface area contributed by atoms with E-state index in [1.807, 2.05) is 13.1 Å². The largest absolute Gasteiger partial charge is 0.354 e. The Kier molecular flexibility index (Phi) is 3.26. The zero-order chi connectivity index (χ0) is 10.7. The van der Waals surface area contributed by atoms with Crippen LogP contribution in [0.3, 0.4) is 0 Å². The van der Waals surface area contributed by atoms with E-state index in [1.165, 1.54) is 25.9 Å². The van der Waals surface area contributed by atoms with E-state index in [0.29, 0.717) is 6.04 Å². The van der Waals surface area contributed by atoms with Crippen molar-refractivity contribution in [1.82, 2.24) is 14.9 Å². The predicted molar refractivity (Wildman–Crippen MR) is 62.1 cm³/mol. The van der Waals surface area contributed by atoms with E-state index in [1.54, 1.807) is 0 Å². The number of likely N-dealkylation sites (tertiary alicyclic amines) is 1. The summed E-state index contributed by atoms with van der Waals surface area (Å²) in [6, 6.07) is 0.595. The highest BCUT2D eigenvalue weighted by atomic mass is 15.2. The number of imidazole rings is 1. The molecule has 1 unspecified atom stereocenters. The van der Waals surface area contributed by atoms with E-state index in [2.05, 4.69) is 27.1 Å². The number of hydrogen-bond donors (Lipinski definition) is 2. The van der Waals surface area contributed by atoms with Gasteiger partial charge in [0, 0.05) is 24.5 Å². The van der Waals surface area contributed by atoms with Crippen LogP contribution in [0.4, 0.5) is 5.95 Å². The molecule has 2 rings (SSSR count). The number of hydrogen-bond acceptors (Lipinski definition) is 3. The van der Waals surface area contributed by atoms with Gasteiger partial charge in [0.25, 0.3) is 0 Å². The molecule has 1 atom stereocenters. The van der Waals surface area contributed by atoms with Gasteiger partial charge in [-0.15, -0.1) is 0 Å². The Morgan fingerprint density at radius 2 is 2.27 bits per heavy atom. The van der Waals surface area contributed by atoms with E-state index in [9.17, 15) is 0 Å². The van der Waals surface area contributed by atoms with Crippen LogP contribution in [0, 0.1) is 6.92 Å². The maximum absolute atomic E-state index is 4.23. The van der Waals surface area contributed by atoms with Crippen LogP contribution < -0.4 is 5.32 Å². The minimum absolute atomic E-state index is 0.595. The van der Waals surface area contributed by atoms with Crippen LogP contribution in [0.5, 0.6) is 0 Å². The lowest BCUT2D eigenvalue weighted by molar-refractivity contribution is 0.269. The van der Waals surface area contributed by atoms with Gasteiger partial charge in [-0.1, -0.05) is 0 Å². The zero-order valence-electron chi connectivity index (χ0n) is 9.58. The summed E-state index contributed by atoms with van der Waals surface area (Å²) in [7, 11) is 0. The lowest BCUT2D eigenvalue weighted by Crippen LogP contribution is -2.35. The highest BCUT2D eigenvalue weighted by Crippen LogP contribution is 2.11. The van der Waals surface area contributed by atoms with Crippen LogP contribution in [0.2, 0.25) is 0 Å². The SMILES string of the molecule is Cc1cnc(NCC(C)N2CCCC2)[nH]1. The number of anilines is 1. The summed E-state index contributed by atoms with van der Waals surface area (Å²) in [5, 5.41) is 3.33. The summed E-state index contributed by atoms with van der Waals surface area (Å²) in [6.07, 6.45) is 4.55. The van der Waals surface area contributed by atoms with Gasteiger partial charge in [0.15, 0.2) is 5.95 Å². The van der Waals surface area contributed by atoms with Gasteiger partial charge in [-0.25, -0.2) is 4.98 Å². The van der Waals surface area contributed by atoms with Crippen LogP contribution in [0.15, 0.2) is 6.20 Å². The van der Waals surface area contributed by atoms with Crippen molar-refractivity contribution in [3.05, 3.63) is 11.9 Å². The monoisotopic (exact) mass is 208 g/mol. The minimum Gasteiger partial charge on any atom is -0.354 e. The second-order valence-electron chi connectivity index (χ2n) is 4.39. The molecular formula is C11H20N4. The second-order valence-corrected chi connectivity index (χ2v) is 4.39. The minimum atomic E-state index is 0.595. The summed E-state index contributed by atoms with van der Waals surface area (Å²) in [6.45, 7) is 7.75. The molecular weight excluding hydrogens is 188 g/mol. The first-order valence-corrected chi connectivity index (χ1v) is 5.75. The molecule has 1 aromatic heterocycles. The molecule has 4 nitrogen and oxygen atoms in total. The van der Waals surface area contributed by atoms with Gasteiger partial charge in [-0.05, 0) is 39.8 Å². The summed E-state index contributed by atoms with van der Waals surface area (Å²) < 4.78 is 0. The lowest BCUT2D eigenvalue weighted by Gasteiger charge is -2.23. The number of aryl methyl sites for hydroxylation is 1. The van der Waals surface area contributed by atoms with Crippen LogP contribution in [-0.2, 0) is 0 Å². The fraction of sp³-hybridized carbons (Fsp3) is 0.727.